The third kappa shape index (κ3) is 2.39. The Balaban J connectivity index is 1.74. The number of ketones is 1. The number of allylic oxidation sites excluding steroid dienone is 2. The molecule has 1 aromatic rings. The van der Waals surface area contributed by atoms with E-state index in [4.69, 9.17) is 0 Å². The second-order valence-electron chi connectivity index (χ2n) is 5.14. The molecule has 2 atom stereocenters. The van der Waals surface area contributed by atoms with Gasteiger partial charge in [-0.3, -0.25) is 4.79 Å². The molecule has 94 valence electrons. The van der Waals surface area contributed by atoms with Crippen molar-refractivity contribution < 1.29 is 4.79 Å². The summed E-state index contributed by atoms with van der Waals surface area (Å²) in [6.07, 6.45) is 7.52. The van der Waals surface area contributed by atoms with E-state index in [0.29, 0.717) is 17.0 Å². The minimum Gasteiger partial charge on any atom is -0.295 e. The van der Waals surface area contributed by atoms with Gasteiger partial charge in [0.25, 0.3) is 0 Å². The van der Waals surface area contributed by atoms with Crippen LogP contribution in [0.3, 0.4) is 0 Å². The normalized spacial score (nSPS) is 27.6. The van der Waals surface area contributed by atoms with Crippen molar-refractivity contribution in [3.63, 3.8) is 0 Å². The van der Waals surface area contributed by atoms with Crippen LogP contribution in [-0.2, 0) is 4.79 Å². The molecule has 0 spiro atoms. The summed E-state index contributed by atoms with van der Waals surface area (Å²) in [6, 6.07) is 10.6. The van der Waals surface area contributed by atoms with Crippen LogP contribution in [0.15, 0.2) is 46.9 Å². The molecule has 2 unspecified atom stereocenters. The van der Waals surface area contributed by atoms with Gasteiger partial charge in [-0.2, -0.15) is 0 Å². The maximum absolute atomic E-state index is 12.0. The Morgan fingerprint density at radius 3 is 2.78 bits per heavy atom. The van der Waals surface area contributed by atoms with Crippen molar-refractivity contribution in [3.05, 3.63) is 42.0 Å². The van der Waals surface area contributed by atoms with Crippen LogP contribution in [0.5, 0.6) is 0 Å². The molecule has 0 saturated heterocycles. The predicted molar refractivity (Wildman–Crippen MR) is 75.8 cm³/mol. The van der Waals surface area contributed by atoms with E-state index in [9.17, 15) is 4.79 Å². The Morgan fingerprint density at radius 2 is 1.94 bits per heavy atom. The molecule has 1 nitrogen and oxygen atoms in total. The van der Waals surface area contributed by atoms with Gasteiger partial charge in [0.15, 0.2) is 5.78 Å². The second-order valence-corrected chi connectivity index (χ2v) is 6.45. The maximum Gasteiger partial charge on any atom is 0.158 e. The predicted octanol–water partition coefficient (Wildman–Crippen LogP) is 4.24. The number of carbonyl (C=O) groups is 1. The summed E-state index contributed by atoms with van der Waals surface area (Å²) in [5, 5.41) is 0.574. The summed E-state index contributed by atoms with van der Waals surface area (Å²) < 4.78 is 0. The van der Waals surface area contributed by atoms with Crippen molar-refractivity contribution in [1.29, 1.82) is 0 Å². The zero-order chi connectivity index (χ0) is 12.4. The lowest BCUT2D eigenvalue weighted by atomic mass is 9.96. The number of hydrogen-bond acceptors (Lipinski definition) is 2. The Hall–Kier alpha value is -1.02. The molecule has 2 aliphatic rings. The number of carbonyl (C=O) groups excluding carboxylic acids is 1. The van der Waals surface area contributed by atoms with Gasteiger partial charge in [0.2, 0.25) is 0 Å². The smallest absolute Gasteiger partial charge is 0.158 e. The first-order chi connectivity index (χ1) is 8.84. The molecule has 0 aromatic heterocycles. The van der Waals surface area contributed by atoms with Gasteiger partial charge in [0.05, 0.1) is 0 Å². The Kier molecular flexibility index (Phi) is 3.55. The molecule has 0 amide bonds. The van der Waals surface area contributed by atoms with Crippen LogP contribution in [0.2, 0.25) is 0 Å². The highest BCUT2D eigenvalue weighted by Crippen LogP contribution is 2.43. The van der Waals surface area contributed by atoms with E-state index < -0.39 is 0 Å². The van der Waals surface area contributed by atoms with Crippen LogP contribution in [0.4, 0.5) is 0 Å². The maximum atomic E-state index is 12.0. The van der Waals surface area contributed by atoms with E-state index in [1.165, 1.54) is 17.7 Å². The van der Waals surface area contributed by atoms with E-state index in [0.717, 1.165) is 24.8 Å². The number of benzene rings is 1. The van der Waals surface area contributed by atoms with E-state index in [-0.39, 0.29) is 0 Å². The Morgan fingerprint density at radius 1 is 1.11 bits per heavy atom. The summed E-state index contributed by atoms with van der Waals surface area (Å²) in [6.45, 7) is 0. The first-order valence-corrected chi connectivity index (χ1v) is 7.67. The van der Waals surface area contributed by atoms with E-state index >= 15 is 0 Å². The van der Waals surface area contributed by atoms with Crippen molar-refractivity contribution in [3.8, 4) is 0 Å². The zero-order valence-electron chi connectivity index (χ0n) is 10.5. The standard InChI is InChI=1S/C16H18OS/c17-15-9-5-4-8-14-13(15)10-11-16(14)18-12-6-2-1-3-7-12/h1-3,6-7,10,14,16H,4-5,8-9,11H2. The van der Waals surface area contributed by atoms with Crippen molar-refractivity contribution in [2.45, 2.75) is 42.2 Å². The van der Waals surface area contributed by atoms with E-state index in [2.05, 4.69) is 36.4 Å². The molecule has 0 bridgehead atoms. The summed E-state index contributed by atoms with van der Waals surface area (Å²) in [5.41, 5.74) is 1.14. The van der Waals surface area contributed by atoms with Crippen LogP contribution in [-0.4, -0.2) is 11.0 Å². The number of Topliss-reactive ketones (excluding diaryl/α,β-unsaturated/α-hetero) is 1. The molecule has 2 heteroatoms. The summed E-state index contributed by atoms with van der Waals surface area (Å²) >= 11 is 1.94. The average Bonchev–Trinajstić information content (AvgIpc) is 2.69. The molecule has 0 N–H and O–H groups in total. The monoisotopic (exact) mass is 258 g/mol. The first-order valence-electron chi connectivity index (χ1n) is 6.79. The van der Waals surface area contributed by atoms with Crippen molar-refractivity contribution >= 4 is 17.5 Å². The Bertz CT molecular complexity index is 463. The molecule has 18 heavy (non-hydrogen) atoms. The fourth-order valence-electron chi connectivity index (χ4n) is 3.02. The largest absolute Gasteiger partial charge is 0.295 e. The highest BCUT2D eigenvalue weighted by atomic mass is 32.2. The second kappa shape index (κ2) is 5.31. The van der Waals surface area contributed by atoms with Crippen LogP contribution in [0.25, 0.3) is 0 Å². The molecule has 2 aliphatic carbocycles. The lowest BCUT2D eigenvalue weighted by Gasteiger charge is -2.20. The van der Waals surface area contributed by atoms with Gasteiger partial charge in [-0.1, -0.05) is 30.7 Å². The topological polar surface area (TPSA) is 17.1 Å². The fourth-order valence-corrected chi connectivity index (χ4v) is 4.32. The van der Waals surface area contributed by atoms with Gasteiger partial charge in [0, 0.05) is 16.6 Å². The summed E-state index contributed by atoms with van der Waals surface area (Å²) in [5.74, 6) is 0.916. The van der Waals surface area contributed by atoms with Gasteiger partial charge < -0.3 is 0 Å². The minimum atomic E-state index is 0.411. The number of fused-ring (bicyclic) bond motifs is 1. The van der Waals surface area contributed by atoms with Gasteiger partial charge in [-0.25, -0.2) is 0 Å². The van der Waals surface area contributed by atoms with Crippen molar-refractivity contribution in [2.24, 2.45) is 5.92 Å². The molecule has 1 fully saturated rings. The summed E-state index contributed by atoms with van der Waals surface area (Å²) in [4.78, 5) is 13.3. The highest BCUT2D eigenvalue weighted by Gasteiger charge is 2.34. The van der Waals surface area contributed by atoms with Gasteiger partial charge in [0.1, 0.15) is 0 Å². The van der Waals surface area contributed by atoms with Crippen LogP contribution >= 0.6 is 11.8 Å². The van der Waals surface area contributed by atoms with Gasteiger partial charge in [-0.15, -0.1) is 11.8 Å². The molecular weight excluding hydrogens is 240 g/mol. The van der Waals surface area contributed by atoms with Gasteiger partial charge >= 0.3 is 0 Å². The van der Waals surface area contributed by atoms with Crippen molar-refractivity contribution in [1.82, 2.24) is 0 Å². The molecule has 3 rings (SSSR count). The Labute approximate surface area is 113 Å². The first kappa shape index (κ1) is 12.0. The molecule has 0 radical (unpaired) electrons. The third-order valence-electron chi connectivity index (χ3n) is 3.94. The lowest BCUT2D eigenvalue weighted by Crippen LogP contribution is -2.16. The molecule has 1 saturated carbocycles. The van der Waals surface area contributed by atoms with Gasteiger partial charge in [-0.05, 0) is 42.9 Å². The van der Waals surface area contributed by atoms with E-state index in [1.54, 1.807) is 0 Å². The zero-order valence-corrected chi connectivity index (χ0v) is 11.3. The van der Waals surface area contributed by atoms with Crippen LogP contribution in [0, 0.1) is 5.92 Å². The fraction of sp³-hybridized carbons (Fsp3) is 0.438. The quantitative estimate of drug-likeness (QED) is 0.789. The molecule has 1 aromatic carbocycles. The lowest BCUT2D eigenvalue weighted by molar-refractivity contribution is -0.115. The number of thioether (sulfide) groups is 1. The molecule has 0 heterocycles. The van der Waals surface area contributed by atoms with E-state index in [1.807, 2.05) is 11.8 Å². The number of hydrogen-bond donors (Lipinski definition) is 0. The summed E-state index contributed by atoms with van der Waals surface area (Å²) in [7, 11) is 0. The molecule has 0 aliphatic heterocycles. The van der Waals surface area contributed by atoms with Crippen molar-refractivity contribution in [2.75, 3.05) is 0 Å². The highest BCUT2D eigenvalue weighted by molar-refractivity contribution is 8.00. The third-order valence-corrected chi connectivity index (χ3v) is 5.31. The van der Waals surface area contributed by atoms with Crippen LogP contribution < -0.4 is 0 Å². The number of rotatable bonds is 2. The molecular formula is C16H18OS. The SMILES string of the molecule is O=C1CCCCC2C1=CCC2Sc1ccccc1. The average molecular weight is 258 g/mol. The minimum absolute atomic E-state index is 0.411. The van der Waals surface area contributed by atoms with Crippen LogP contribution in [0.1, 0.15) is 32.1 Å².